The van der Waals surface area contributed by atoms with Crippen LogP contribution in [0.5, 0.6) is 5.75 Å². The molecule has 1 N–H and O–H groups in total. The first-order valence-electron chi connectivity index (χ1n) is 7.18. The molecule has 0 aliphatic carbocycles. The van der Waals surface area contributed by atoms with E-state index in [1.54, 1.807) is 24.3 Å². The van der Waals surface area contributed by atoms with Crippen molar-refractivity contribution in [2.45, 2.75) is 33.2 Å². The van der Waals surface area contributed by atoms with Crippen LogP contribution in [-0.2, 0) is 9.59 Å². The highest BCUT2D eigenvalue weighted by Gasteiger charge is 2.19. The second kappa shape index (κ2) is 8.03. The number of carbonyl (C=O) groups excluding carboxylic acids is 2. The van der Waals surface area contributed by atoms with Crippen LogP contribution in [0.15, 0.2) is 24.3 Å². The number of hydrogen-bond donors (Lipinski definition) is 1. The molecule has 1 aromatic carbocycles. The van der Waals surface area contributed by atoms with Gasteiger partial charge in [-0.1, -0.05) is 17.7 Å². The lowest BCUT2D eigenvalue weighted by Crippen LogP contribution is -2.48. The van der Waals surface area contributed by atoms with Gasteiger partial charge in [0.2, 0.25) is 5.91 Å². The van der Waals surface area contributed by atoms with Gasteiger partial charge >= 0.3 is 0 Å². The minimum Gasteiger partial charge on any atom is -0.484 e. The van der Waals surface area contributed by atoms with E-state index in [9.17, 15) is 9.59 Å². The first kappa shape index (κ1) is 18.3. The van der Waals surface area contributed by atoms with Crippen LogP contribution in [-0.4, -0.2) is 41.9 Å². The lowest BCUT2D eigenvalue weighted by molar-refractivity contribution is -0.137. The number of nitrogens with zero attached hydrogens (tertiary/aromatic N) is 1. The third-order valence-electron chi connectivity index (χ3n) is 2.74. The van der Waals surface area contributed by atoms with Crippen LogP contribution < -0.4 is 10.1 Å². The Morgan fingerprint density at radius 1 is 1.32 bits per heavy atom. The first-order valence-corrected chi connectivity index (χ1v) is 7.56. The molecular formula is C16H23ClN2O3. The van der Waals surface area contributed by atoms with Crippen LogP contribution in [0.3, 0.4) is 0 Å². The van der Waals surface area contributed by atoms with Gasteiger partial charge in [0.25, 0.3) is 5.91 Å². The average molecular weight is 327 g/mol. The number of rotatable bonds is 6. The maximum atomic E-state index is 12.1. The molecule has 0 radical (unpaired) electrons. The van der Waals surface area contributed by atoms with E-state index < -0.39 is 0 Å². The highest BCUT2D eigenvalue weighted by atomic mass is 35.5. The van der Waals surface area contributed by atoms with Gasteiger partial charge in [-0.2, -0.15) is 0 Å². The number of ether oxygens (including phenoxy) is 1. The molecule has 0 aliphatic rings. The van der Waals surface area contributed by atoms with E-state index in [-0.39, 0.29) is 30.5 Å². The van der Waals surface area contributed by atoms with Gasteiger partial charge in [-0.25, -0.2) is 0 Å². The van der Waals surface area contributed by atoms with E-state index in [1.165, 1.54) is 4.90 Å². The largest absolute Gasteiger partial charge is 0.484 e. The summed E-state index contributed by atoms with van der Waals surface area (Å²) in [6, 6.07) is 6.83. The molecule has 0 spiro atoms. The van der Waals surface area contributed by atoms with E-state index in [4.69, 9.17) is 16.3 Å². The number of nitrogens with one attached hydrogen (secondary N) is 1. The highest BCUT2D eigenvalue weighted by Crippen LogP contribution is 2.17. The molecule has 22 heavy (non-hydrogen) atoms. The molecule has 5 nitrogen and oxygen atoms in total. The quantitative estimate of drug-likeness (QED) is 0.873. The van der Waals surface area contributed by atoms with Crippen LogP contribution in [0.4, 0.5) is 0 Å². The standard InChI is InChI=1S/C16H23ClN2O3/c1-5-19(10-14(20)18-16(2,3)4)15(21)11-22-13-8-6-7-12(17)9-13/h6-9H,5,10-11H2,1-4H3,(H,18,20). The van der Waals surface area contributed by atoms with E-state index >= 15 is 0 Å². The zero-order valence-electron chi connectivity index (χ0n) is 13.5. The Labute approximate surface area is 136 Å². The van der Waals surface area contributed by atoms with Crippen molar-refractivity contribution in [3.05, 3.63) is 29.3 Å². The molecule has 1 rings (SSSR count). The number of benzene rings is 1. The topological polar surface area (TPSA) is 58.6 Å². The summed E-state index contributed by atoms with van der Waals surface area (Å²) in [4.78, 5) is 25.5. The lowest BCUT2D eigenvalue weighted by atomic mass is 10.1. The predicted molar refractivity (Wildman–Crippen MR) is 87.1 cm³/mol. The molecule has 0 saturated carbocycles. The van der Waals surface area contributed by atoms with Crippen LogP contribution in [0, 0.1) is 0 Å². The van der Waals surface area contributed by atoms with Crippen LogP contribution in [0.2, 0.25) is 5.02 Å². The third kappa shape index (κ3) is 6.80. The maximum Gasteiger partial charge on any atom is 0.260 e. The Kier molecular flexibility index (Phi) is 6.68. The monoisotopic (exact) mass is 326 g/mol. The van der Waals surface area contributed by atoms with E-state index in [1.807, 2.05) is 27.7 Å². The van der Waals surface area contributed by atoms with Crippen molar-refractivity contribution >= 4 is 23.4 Å². The second-order valence-electron chi connectivity index (χ2n) is 5.95. The highest BCUT2D eigenvalue weighted by molar-refractivity contribution is 6.30. The van der Waals surface area contributed by atoms with Gasteiger partial charge in [-0.05, 0) is 45.9 Å². The average Bonchev–Trinajstić information content (AvgIpc) is 2.40. The van der Waals surface area contributed by atoms with Crippen molar-refractivity contribution in [2.24, 2.45) is 0 Å². The number of hydrogen-bond acceptors (Lipinski definition) is 3. The molecule has 0 bridgehead atoms. The molecule has 122 valence electrons. The fraction of sp³-hybridized carbons (Fsp3) is 0.500. The van der Waals surface area contributed by atoms with E-state index in [2.05, 4.69) is 5.32 Å². The molecule has 0 heterocycles. The predicted octanol–water partition coefficient (Wildman–Crippen LogP) is 2.48. The van der Waals surface area contributed by atoms with Crippen molar-refractivity contribution in [2.75, 3.05) is 19.7 Å². The van der Waals surface area contributed by atoms with Gasteiger partial charge in [0.1, 0.15) is 5.75 Å². The molecule has 0 fully saturated rings. The Morgan fingerprint density at radius 2 is 2.00 bits per heavy atom. The summed E-state index contributed by atoms with van der Waals surface area (Å²) in [6.45, 7) is 7.83. The van der Waals surface area contributed by atoms with Crippen molar-refractivity contribution in [1.29, 1.82) is 0 Å². The van der Waals surface area contributed by atoms with Gasteiger partial charge in [0.05, 0.1) is 6.54 Å². The molecule has 2 amide bonds. The summed E-state index contributed by atoms with van der Waals surface area (Å²) in [5, 5.41) is 3.37. The smallest absolute Gasteiger partial charge is 0.260 e. The summed E-state index contributed by atoms with van der Waals surface area (Å²) in [6.07, 6.45) is 0. The van der Waals surface area contributed by atoms with Gasteiger partial charge < -0.3 is 15.0 Å². The van der Waals surface area contributed by atoms with E-state index in [0.29, 0.717) is 17.3 Å². The van der Waals surface area contributed by atoms with Gasteiger partial charge in [0, 0.05) is 17.1 Å². The number of likely N-dealkylation sites (N-methyl/N-ethyl adjacent to an activating group) is 1. The molecule has 0 aromatic heterocycles. The fourth-order valence-corrected chi connectivity index (χ4v) is 1.98. The zero-order valence-corrected chi connectivity index (χ0v) is 14.2. The minimum atomic E-state index is -0.323. The molecular weight excluding hydrogens is 304 g/mol. The summed E-state index contributed by atoms with van der Waals surface area (Å²) in [7, 11) is 0. The lowest BCUT2D eigenvalue weighted by Gasteiger charge is -2.25. The molecule has 1 aromatic rings. The molecule has 0 saturated heterocycles. The van der Waals surface area contributed by atoms with Gasteiger partial charge in [0.15, 0.2) is 6.61 Å². The molecule has 0 unspecified atom stereocenters. The van der Waals surface area contributed by atoms with Gasteiger partial charge in [-0.3, -0.25) is 9.59 Å². The zero-order chi connectivity index (χ0) is 16.8. The van der Waals surface area contributed by atoms with Crippen molar-refractivity contribution in [3.8, 4) is 5.75 Å². The van der Waals surface area contributed by atoms with Crippen LogP contribution in [0.1, 0.15) is 27.7 Å². The first-order chi connectivity index (χ1) is 10.2. The third-order valence-corrected chi connectivity index (χ3v) is 2.98. The Balaban J connectivity index is 2.52. The van der Waals surface area contributed by atoms with E-state index in [0.717, 1.165) is 0 Å². The Bertz CT molecular complexity index is 526. The summed E-state index contributed by atoms with van der Waals surface area (Å²) in [5.41, 5.74) is -0.323. The second-order valence-corrected chi connectivity index (χ2v) is 6.39. The summed E-state index contributed by atoms with van der Waals surface area (Å²) >= 11 is 5.85. The summed E-state index contributed by atoms with van der Waals surface area (Å²) in [5.74, 6) is 0.0908. The van der Waals surface area contributed by atoms with Crippen molar-refractivity contribution in [1.82, 2.24) is 10.2 Å². The van der Waals surface area contributed by atoms with Crippen LogP contribution in [0.25, 0.3) is 0 Å². The fourth-order valence-electron chi connectivity index (χ4n) is 1.80. The van der Waals surface area contributed by atoms with Crippen molar-refractivity contribution < 1.29 is 14.3 Å². The molecule has 0 aliphatic heterocycles. The van der Waals surface area contributed by atoms with Crippen molar-refractivity contribution in [3.63, 3.8) is 0 Å². The van der Waals surface area contributed by atoms with Gasteiger partial charge in [-0.15, -0.1) is 0 Å². The Hall–Kier alpha value is -1.75. The Morgan fingerprint density at radius 3 is 2.55 bits per heavy atom. The molecule has 0 atom stereocenters. The number of carbonyl (C=O) groups is 2. The normalized spacial score (nSPS) is 11.0. The molecule has 6 heteroatoms. The number of halogens is 1. The maximum absolute atomic E-state index is 12.1. The summed E-state index contributed by atoms with van der Waals surface area (Å²) < 4.78 is 5.41. The SMILES string of the molecule is CCN(CC(=O)NC(C)(C)C)C(=O)COc1cccc(Cl)c1. The minimum absolute atomic E-state index is 0.0194. The number of amides is 2. The van der Waals surface area contributed by atoms with Crippen LogP contribution >= 0.6 is 11.6 Å².